The van der Waals surface area contributed by atoms with E-state index >= 15 is 0 Å². The number of hydrogen-bond donors (Lipinski definition) is 0. The van der Waals surface area contributed by atoms with Gasteiger partial charge in [0.05, 0.1) is 0 Å². The highest BCUT2D eigenvalue weighted by atomic mass is 16.4. The van der Waals surface area contributed by atoms with Crippen LogP contribution < -0.4 is 5.11 Å². The van der Waals surface area contributed by atoms with Crippen molar-refractivity contribution < 1.29 is 9.90 Å². The Morgan fingerprint density at radius 3 is 1.70 bits per heavy atom. The van der Waals surface area contributed by atoms with E-state index in [0.717, 1.165) is 12.8 Å². The molecule has 0 rings (SSSR count). The van der Waals surface area contributed by atoms with Gasteiger partial charge in [-0.25, -0.2) is 0 Å². The zero-order valence-electron chi connectivity index (χ0n) is 13.4. The maximum atomic E-state index is 10.2. The summed E-state index contributed by atoms with van der Waals surface area (Å²) in [6.07, 6.45) is 20.9. The molecule has 2 heteroatoms. The zero-order valence-corrected chi connectivity index (χ0v) is 13.4. The summed E-state index contributed by atoms with van der Waals surface area (Å²) < 4.78 is 0. The highest BCUT2D eigenvalue weighted by molar-refractivity contribution is 5.63. The van der Waals surface area contributed by atoms with E-state index in [4.69, 9.17) is 0 Å². The highest BCUT2D eigenvalue weighted by Gasteiger charge is 1.92. The maximum absolute atomic E-state index is 10.2. The van der Waals surface area contributed by atoms with Crippen LogP contribution in [0.2, 0.25) is 0 Å². The first-order valence-electron chi connectivity index (χ1n) is 8.62. The standard InChI is InChI=1S/C18H34O2/c1-2-3-4-5-6-7-8-9-10-11-12-13-14-15-16-17-18(19)20/h7-8H,2-6,9-17H2,1H3,(H,19,20)/p-1. The van der Waals surface area contributed by atoms with Gasteiger partial charge >= 0.3 is 0 Å². The van der Waals surface area contributed by atoms with Crippen molar-refractivity contribution in [1.82, 2.24) is 0 Å². The van der Waals surface area contributed by atoms with Crippen LogP contribution in [0, 0.1) is 0 Å². The number of rotatable bonds is 15. The van der Waals surface area contributed by atoms with Crippen LogP contribution in [0.3, 0.4) is 0 Å². The van der Waals surface area contributed by atoms with Crippen LogP contribution in [-0.2, 0) is 4.79 Å². The average molecular weight is 281 g/mol. The second-order valence-electron chi connectivity index (χ2n) is 5.71. The van der Waals surface area contributed by atoms with Gasteiger partial charge in [0.2, 0.25) is 0 Å². The maximum Gasteiger partial charge on any atom is 0.0414 e. The van der Waals surface area contributed by atoms with Crippen LogP contribution in [0.25, 0.3) is 0 Å². The molecular formula is C18H33O2-. The van der Waals surface area contributed by atoms with Gasteiger partial charge in [-0.05, 0) is 38.5 Å². The molecule has 0 aromatic heterocycles. The van der Waals surface area contributed by atoms with E-state index in [1.165, 1.54) is 70.6 Å². The number of aliphatic carboxylic acids is 1. The van der Waals surface area contributed by atoms with Gasteiger partial charge in [-0.1, -0.05) is 70.4 Å². The minimum absolute atomic E-state index is 0.225. The molecule has 0 unspecified atom stereocenters. The van der Waals surface area contributed by atoms with Crippen molar-refractivity contribution in [3.63, 3.8) is 0 Å². The fraction of sp³-hybridized carbons (Fsp3) is 0.833. The van der Waals surface area contributed by atoms with Gasteiger partial charge < -0.3 is 9.90 Å². The second kappa shape index (κ2) is 16.3. The first-order valence-corrected chi connectivity index (χ1v) is 8.62. The van der Waals surface area contributed by atoms with Crippen molar-refractivity contribution in [2.24, 2.45) is 0 Å². The topological polar surface area (TPSA) is 40.1 Å². The average Bonchev–Trinajstić information content (AvgIpc) is 2.43. The molecule has 118 valence electrons. The van der Waals surface area contributed by atoms with Crippen molar-refractivity contribution in [1.29, 1.82) is 0 Å². The second-order valence-corrected chi connectivity index (χ2v) is 5.71. The molecule has 0 saturated heterocycles. The lowest BCUT2D eigenvalue weighted by atomic mass is 10.1. The number of unbranched alkanes of at least 4 members (excludes halogenated alkanes) is 11. The Kier molecular flexibility index (Phi) is 15.6. The third-order valence-corrected chi connectivity index (χ3v) is 3.64. The third kappa shape index (κ3) is 17.2. The van der Waals surface area contributed by atoms with E-state index in [1.807, 2.05) is 0 Å². The highest BCUT2D eigenvalue weighted by Crippen LogP contribution is 2.10. The van der Waals surface area contributed by atoms with Gasteiger partial charge in [0.15, 0.2) is 0 Å². The van der Waals surface area contributed by atoms with Crippen molar-refractivity contribution in [2.45, 2.75) is 96.8 Å². The van der Waals surface area contributed by atoms with Gasteiger partial charge in [-0.3, -0.25) is 0 Å². The molecule has 0 aliphatic carbocycles. The van der Waals surface area contributed by atoms with Crippen molar-refractivity contribution >= 4 is 5.97 Å². The number of hydrogen-bond acceptors (Lipinski definition) is 2. The minimum atomic E-state index is -0.911. The number of allylic oxidation sites excluding steroid dienone is 2. The first-order chi connectivity index (χ1) is 9.77. The number of carboxylic acid groups (broad SMARTS) is 1. The lowest BCUT2D eigenvalue weighted by Crippen LogP contribution is -2.21. The minimum Gasteiger partial charge on any atom is -0.550 e. The lowest BCUT2D eigenvalue weighted by Gasteiger charge is -2.02. The number of carbonyl (C=O) groups is 1. The molecule has 0 fully saturated rings. The number of carbonyl (C=O) groups excluding carboxylic acids is 1. The van der Waals surface area contributed by atoms with Gasteiger partial charge in [-0.15, -0.1) is 0 Å². The fourth-order valence-electron chi connectivity index (χ4n) is 2.34. The summed E-state index contributed by atoms with van der Waals surface area (Å²) in [6.45, 7) is 2.25. The first kappa shape index (κ1) is 19.2. The molecule has 2 nitrogen and oxygen atoms in total. The number of carboxylic acids is 1. The van der Waals surface area contributed by atoms with Crippen molar-refractivity contribution in [3.05, 3.63) is 12.2 Å². The fourth-order valence-corrected chi connectivity index (χ4v) is 2.34. The summed E-state index contributed by atoms with van der Waals surface area (Å²) >= 11 is 0. The Morgan fingerprint density at radius 1 is 0.750 bits per heavy atom. The predicted molar refractivity (Wildman–Crippen MR) is 84.5 cm³/mol. The van der Waals surface area contributed by atoms with Crippen LogP contribution >= 0.6 is 0 Å². The van der Waals surface area contributed by atoms with Gasteiger partial charge in [0.1, 0.15) is 0 Å². The van der Waals surface area contributed by atoms with Crippen LogP contribution in [-0.4, -0.2) is 5.97 Å². The van der Waals surface area contributed by atoms with Crippen molar-refractivity contribution in [2.75, 3.05) is 0 Å². The third-order valence-electron chi connectivity index (χ3n) is 3.64. The molecule has 0 atom stereocenters. The Balaban J connectivity index is 3.05. The molecular weight excluding hydrogens is 248 g/mol. The molecule has 0 bridgehead atoms. The summed E-state index contributed by atoms with van der Waals surface area (Å²) in [7, 11) is 0. The van der Waals surface area contributed by atoms with Gasteiger partial charge in [0.25, 0.3) is 0 Å². The van der Waals surface area contributed by atoms with E-state index in [1.54, 1.807) is 0 Å². The van der Waals surface area contributed by atoms with Gasteiger partial charge in [-0.2, -0.15) is 0 Å². The van der Waals surface area contributed by atoms with E-state index < -0.39 is 5.97 Å². The Morgan fingerprint density at radius 2 is 1.20 bits per heavy atom. The largest absolute Gasteiger partial charge is 0.550 e. The Hall–Kier alpha value is -0.790. The molecule has 0 amide bonds. The summed E-state index contributed by atoms with van der Waals surface area (Å²) in [5.74, 6) is -0.911. The SMILES string of the molecule is CCCCCCC=CCCCCCCCCCC(=O)[O-]. The van der Waals surface area contributed by atoms with Crippen molar-refractivity contribution in [3.8, 4) is 0 Å². The summed E-state index contributed by atoms with van der Waals surface area (Å²) in [5.41, 5.74) is 0. The smallest absolute Gasteiger partial charge is 0.0414 e. The molecule has 0 aliphatic rings. The molecule has 0 N–H and O–H groups in total. The van der Waals surface area contributed by atoms with Crippen LogP contribution in [0.5, 0.6) is 0 Å². The van der Waals surface area contributed by atoms with Gasteiger partial charge in [0, 0.05) is 5.97 Å². The van der Waals surface area contributed by atoms with E-state index in [-0.39, 0.29) is 6.42 Å². The predicted octanol–water partition coefficient (Wildman–Crippen LogP) is 4.77. The van der Waals surface area contributed by atoms with E-state index in [2.05, 4.69) is 19.1 Å². The lowest BCUT2D eigenvalue weighted by molar-refractivity contribution is -0.305. The molecule has 0 radical (unpaired) electrons. The van der Waals surface area contributed by atoms with Crippen LogP contribution in [0.15, 0.2) is 12.2 Å². The molecule has 0 aliphatic heterocycles. The molecule has 20 heavy (non-hydrogen) atoms. The normalized spacial score (nSPS) is 11.2. The van der Waals surface area contributed by atoms with Crippen LogP contribution in [0.4, 0.5) is 0 Å². The monoisotopic (exact) mass is 281 g/mol. The zero-order chi connectivity index (χ0) is 14.9. The summed E-state index contributed by atoms with van der Waals surface area (Å²) in [5, 5.41) is 10.2. The van der Waals surface area contributed by atoms with E-state index in [9.17, 15) is 9.90 Å². The molecule has 0 aromatic carbocycles. The Labute approximate surface area is 125 Å². The molecule has 0 spiro atoms. The molecule has 0 heterocycles. The van der Waals surface area contributed by atoms with E-state index in [0.29, 0.717) is 0 Å². The Bertz CT molecular complexity index is 234. The molecule has 0 aromatic rings. The van der Waals surface area contributed by atoms with Crippen LogP contribution in [0.1, 0.15) is 96.8 Å². The molecule has 0 saturated carbocycles. The summed E-state index contributed by atoms with van der Waals surface area (Å²) in [6, 6.07) is 0. The summed E-state index contributed by atoms with van der Waals surface area (Å²) in [4.78, 5) is 10.2. The quantitative estimate of drug-likeness (QED) is 0.320.